The molecule has 21 heavy (non-hydrogen) atoms. The van der Waals surface area contributed by atoms with Crippen molar-refractivity contribution in [2.24, 2.45) is 5.92 Å². The minimum atomic E-state index is -2.46. The Morgan fingerprint density at radius 3 is 3.14 bits per heavy atom. The molecule has 0 unspecified atom stereocenters. The Bertz CT molecular complexity index is 706. The molecule has 1 aliphatic heterocycles. The predicted molar refractivity (Wildman–Crippen MR) is 91.7 cm³/mol. The molecule has 1 heterocycles. The van der Waals surface area contributed by atoms with Crippen molar-refractivity contribution in [1.29, 1.82) is 0 Å². The highest BCUT2D eigenvalue weighted by atomic mass is 79.9. The van der Waals surface area contributed by atoms with Crippen LogP contribution in [0.25, 0.3) is 0 Å². The highest BCUT2D eigenvalue weighted by Gasteiger charge is 2.53. The number of nitrogens with zero attached hydrogens (tertiary/aromatic N) is 1. The SMILES string of the molecule is Br.[2H]C([2H])([2H])Oc1ccc2c(c1)[C@]13CCCC[C@@H]1[C@H](C2)N(C([2H])([2H])[2H])CC3. The molecule has 1 saturated heterocycles. The quantitative estimate of drug-likeness (QED) is 0.754. The summed E-state index contributed by atoms with van der Waals surface area (Å²) in [5.41, 5.74) is 2.32. The van der Waals surface area contributed by atoms with Crippen LogP contribution in [0.4, 0.5) is 0 Å². The van der Waals surface area contributed by atoms with Crippen LogP contribution in [0.3, 0.4) is 0 Å². The van der Waals surface area contributed by atoms with Gasteiger partial charge >= 0.3 is 0 Å². The zero-order chi connectivity index (χ0) is 18.7. The van der Waals surface area contributed by atoms with Crippen molar-refractivity contribution in [2.75, 3.05) is 20.6 Å². The van der Waals surface area contributed by atoms with Crippen LogP contribution < -0.4 is 4.74 Å². The van der Waals surface area contributed by atoms with E-state index < -0.39 is 14.0 Å². The summed E-state index contributed by atoms with van der Waals surface area (Å²) in [4.78, 5) is 1.73. The summed E-state index contributed by atoms with van der Waals surface area (Å²) in [5.74, 6) is 0.708. The molecule has 0 radical (unpaired) electrons. The van der Waals surface area contributed by atoms with Crippen molar-refractivity contribution >= 4 is 17.0 Å². The Morgan fingerprint density at radius 1 is 1.33 bits per heavy atom. The summed E-state index contributed by atoms with van der Waals surface area (Å²) in [6, 6.07) is 5.61. The maximum atomic E-state index is 7.95. The fraction of sp³-hybridized carbons (Fsp3) is 0.667. The second kappa shape index (κ2) is 5.58. The van der Waals surface area contributed by atoms with E-state index in [0.29, 0.717) is 24.6 Å². The van der Waals surface area contributed by atoms with Gasteiger partial charge in [0.2, 0.25) is 0 Å². The van der Waals surface area contributed by atoms with Crippen LogP contribution in [0, 0.1) is 5.92 Å². The molecule has 2 fully saturated rings. The van der Waals surface area contributed by atoms with Crippen LogP contribution in [-0.2, 0) is 11.8 Å². The molecule has 2 aliphatic carbocycles. The number of likely N-dealkylation sites (tertiary alicyclic amines) is 1. The molecule has 3 atom stereocenters. The molecule has 0 spiro atoms. The minimum Gasteiger partial charge on any atom is -0.497 e. The van der Waals surface area contributed by atoms with Crippen LogP contribution in [0.2, 0.25) is 0 Å². The monoisotopic (exact) mass is 357 g/mol. The number of benzene rings is 1. The molecule has 1 saturated carbocycles. The highest BCUT2D eigenvalue weighted by molar-refractivity contribution is 8.93. The van der Waals surface area contributed by atoms with Gasteiger partial charge in [-0.2, -0.15) is 0 Å². The van der Waals surface area contributed by atoms with E-state index in [0.717, 1.165) is 37.7 Å². The molecule has 116 valence electrons. The first-order valence-electron chi connectivity index (χ1n) is 10.7. The van der Waals surface area contributed by atoms with Gasteiger partial charge in [0.1, 0.15) is 5.75 Å². The molecule has 2 nitrogen and oxygen atoms in total. The molecule has 3 aliphatic rings. The van der Waals surface area contributed by atoms with Gasteiger partial charge in [-0.25, -0.2) is 0 Å². The van der Waals surface area contributed by atoms with E-state index in [4.69, 9.17) is 13.0 Å². The van der Waals surface area contributed by atoms with Gasteiger partial charge in [-0.05, 0) is 68.4 Å². The van der Waals surface area contributed by atoms with E-state index in [9.17, 15) is 0 Å². The number of hydrogen-bond donors (Lipinski definition) is 0. The Kier molecular flexibility index (Phi) is 2.54. The van der Waals surface area contributed by atoms with E-state index in [1.807, 2.05) is 12.1 Å². The molecule has 4 rings (SSSR count). The van der Waals surface area contributed by atoms with Crippen LogP contribution >= 0.6 is 17.0 Å². The molecule has 0 aromatic heterocycles. The van der Waals surface area contributed by atoms with Crippen molar-refractivity contribution in [3.8, 4) is 5.75 Å². The second-order valence-electron chi connectivity index (χ2n) is 6.64. The predicted octanol–water partition coefficient (Wildman–Crippen LogP) is 3.96. The average molecular weight is 358 g/mol. The summed E-state index contributed by atoms with van der Waals surface area (Å²) in [5, 5.41) is 0. The topological polar surface area (TPSA) is 12.5 Å². The molecule has 1 aromatic carbocycles. The van der Waals surface area contributed by atoms with Gasteiger partial charge < -0.3 is 9.64 Å². The zero-order valence-corrected chi connectivity index (χ0v) is 13.8. The van der Waals surface area contributed by atoms with Crippen molar-refractivity contribution in [3.05, 3.63) is 29.3 Å². The van der Waals surface area contributed by atoms with E-state index in [2.05, 4.69) is 0 Å². The number of hydrogen-bond acceptors (Lipinski definition) is 2. The smallest absolute Gasteiger partial charge is 0.119 e. The summed E-state index contributed by atoms with van der Waals surface area (Å²) in [6.07, 6.45) is 5.90. The molecular weight excluding hydrogens is 326 g/mol. The third-order valence-corrected chi connectivity index (χ3v) is 5.93. The number of methoxy groups -OCH3 is 1. The maximum Gasteiger partial charge on any atom is 0.119 e. The van der Waals surface area contributed by atoms with E-state index in [1.165, 1.54) is 5.56 Å². The van der Waals surface area contributed by atoms with Gasteiger partial charge in [0.25, 0.3) is 0 Å². The Morgan fingerprint density at radius 2 is 2.29 bits per heavy atom. The van der Waals surface area contributed by atoms with Crippen molar-refractivity contribution in [3.63, 3.8) is 0 Å². The standard InChI is InChI=1S/C18H25NO.BrH/c1-19-10-9-18-8-4-3-5-15(18)17(19)11-13-6-7-14(20-2)12-16(13)18;/h6-7,12,15,17H,3-5,8-11H2,1-2H3;1H/t15-,17+,18+;/m1./s1/i1D3,2D3;. The lowest BCUT2D eigenvalue weighted by atomic mass is 9.52. The maximum absolute atomic E-state index is 7.95. The number of likely N-dealkylation sites (N-methyl/N-ethyl adjacent to an activating group) is 1. The molecule has 0 N–H and O–H groups in total. The first-order valence-corrected chi connectivity index (χ1v) is 7.69. The van der Waals surface area contributed by atoms with Crippen molar-refractivity contribution in [1.82, 2.24) is 4.90 Å². The molecule has 1 aromatic rings. The molecular formula is C18H26BrNO. The lowest BCUT2D eigenvalue weighted by Gasteiger charge is -2.58. The largest absolute Gasteiger partial charge is 0.497 e. The summed E-state index contributed by atoms with van der Waals surface area (Å²) >= 11 is 0. The summed E-state index contributed by atoms with van der Waals surface area (Å²) in [6.45, 7) is -1.49. The van der Waals surface area contributed by atoms with Crippen LogP contribution in [0.5, 0.6) is 5.75 Å². The van der Waals surface area contributed by atoms with Gasteiger partial charge in [-0.15, -0.1) is 17.0 Å². The van der Waals surface area contributed by atoms with E-state index >= 15 is 0 Å². The van der Waals surface area contributed by atoms with Gasteiger partial charge in [0, 0.05) is 15.6 Å². The van der Waals surface area contributed by atoms with Gasteiger partial charge in [-0.3, -0.25) is 0 Å². The van der Waals surface area contributed by atoms with E-state index in [1.54, 1.807) is 11.0 Å². The number of piperidine rings is 1. The lowest BCUT2D eigenvalue weighted by molar-refractivity contribution is 0.00274. The summed E-state index contributed by atoms with van der Waals surface area (Å²) < 4.78 is 51.1. The minimum absolute atomic E-state index is 0. The Hall–Kier alpha value is -0.540. The first-order chi connectivity index (χ1) is 12.1. The second-order valence-corrected chi connectivity index (χ2v) is 6.64. The van der Waals surface area contributed by atoms with E-state index in [-0.39, 0.29) is 28.4 Å². The van der Waals surface area contributed by atoms with Gasteiger partial charge in [0.05, 0.1) is 11.2 Å². The van der Waals surface area contributed by atoms with Crippen molar-refractivity contribution < 1.29 is 13.0 Å². The third kappa shape index (κ3) is 2.16. The summed E-state index contributed by atoms with van der Waals surface area (Å²) in [7, 11) is -2.46. The Balaban J connectivity index is 0.00000210. The number of halogens is 1. The first kappa shape index (κ1) is 9.57. The van der Waals surface area contributed by atoms with Gasteiger partial charge in [-0.1, -0.05) is 18.9 Å². The fourth-order valence-electron chi connectivity index (χ4n) is 5.05. The number of rotatable bonds is 1. The number of fused-ring (bicyclic) bond motifs is 1. The molecule has 2 bridgehead atoms. The molecule has 3 heteroatoms. The lowest BCUT2D eigenvalue weighted by Crippen LogP contribution is -2.59. The van der Waals surface area contributed by atoms with Crippen LogP contribution in [0.15, 0.2) is 18.2 Å². The molecule has 0 amide bonds. The highest BCUT2D eigenvalue weighted by Crippen LogP contribution is 2.55. The normalized spacial score (nSPS) is 39.8. The fourth-order valence-corrected chi connectivity index (χ4v) is 5.05. The zero-order valence-electron chi connectivity index (χ0n) is 18.1. The Labute approximate surface area is 147 Å². The van der Waals surface area contributed by atoms with Crippen LogP contribution in [-0.4, -0.2) is 31.5 Å². The average Bonchev–Trinajstić information content (AvgIpc) is 2.53. The number of ether oxygens (including phenoxy) is 1. The third-order valence-electron chi connectivity index (χ3n) is 5.93. The van der Waals surface area contributed by atoms with Crippen LogP contribution in [0.1, 0.15) is 51.5 Å². The van der Waals surface area contributed by atoms with Crippen molar-refractivity contribution in [2.45, 2.75) is 50.0 Å². The van der Waals surface area contributed by atoms with Gasteiger partial charge in [0.15, 0.2) is 0 Å².